The van der Waals surface area contributed by atoms with Gasteiger partial charge in [-0.25, -0.2) is 0 Å². The Hall–Kier alpha value is -0.940. The van der Waals surface area contributed by atoms with Gasteiger partial charge in [-0.05, 0) is 12.8 Å². The molecule has 0 atom stereocenters. The van der Waals surface area contributed by atoms with Gasteiger partial charge in [0.1, 0.15) is 4.88 Å². The van der Waals surface area contributed by atoms with E-state index in [0.29, 0.717) is 0 Å². The largest absolute Gasteiger partial charge is 0.330 e. The topological polar surface area (TPSA) is 45.2 Å². The van der Waals surface area contributed by atoms with E-state index in [1.807, 2.05) is 0 Å². The Kier molecular flexibility index (Phi) is 3.35. The van der Waals surface area contributed by atoms with Crippen LogP contribution in [0, 0.1) is 0 Å². The van der Waals surface area contributed by atoms with Gasteiger partial charge in [0, 0.05) is 19.6 Å². The molecule has 18 heavy (non-hydrogen) atoms. The van der Waals surface area contributed by atoms with Crippen LogP contribution in [-0.2, 0) is 0 Å². The molecule has 3 rings (SSSR count). The zero-order valence-electron chi connectivity index (χ0n) is 10.5. The summed E-state index contributed by atoms with van der Waals surface area (Å²) in [6.07, 6.45) is 7.79. The summed E-state index contributed by atoms with van der Waals surface area (Å²) >= 11 is 1.45. The van der Waals surface area contributed by atoms with E-state index in [-0.39, 0.29) is 11.4 Å². The molecule has 0 bridgehead atoms. The lowest BCUT2D eigenvalue weighted by Crippen LogP contribution is -2.63. The minimum absolute atomic E-state index is 0.0670. The number of thiazole rings is 1. The molecule has 2 aliphatic rings. The first kappa shape index (κ1) is 12.1. The zero-order chi connectivity index (χ0) is 12.4. The molecule has 1 aromatic rings. The van der Waals surface area contributed by atoms with Crippen molar-refractivity contribution >= 4 is 17.2 Å². The molecular formula is C13H19N3OS. The summed E-state index contributed by atoms with van der Waals surface area (Å²) in [4.78, 5) is 19.5. The second-order valence-electron chi connectivity index (χ2n) is 5.28. The van der Waals surface area contributed by atoms with Crippen molar-refractivity contribution in [1.82, 2.24) is 15.2 Å². The molecule has 1 spiro atoms. The van der Waals surface area contributed by atoms with E-state index < -0.39 is 0 Å². The molecular weight excluding hydrogens is 246 g/mol. The fourth-order valence-corrected chi connectivity index (χ4v) is 3.84. The van der Waals surface area contributed by atoms with Crippen LogP contribution in [-0.4, -0.2) is 41.0 Å². The molecule has 1 aliphatic heterocycles. The average molecular weight is 265 g/mol. The van der Waals surface area contributed by atoms with Gasteiger partial charge >= 0.3 is 0 Å². The van der Waals surface area contributed by atoms with Gasteiger partial charge in [0.05, 0.1) is 17.2 Å². The van der Waals surface area contributed by atoms with Crippen molar-refractivity contribution in [3.05, 3.63) is 16.6 Å². The zero-order valence-corrected chi connectivity index (χ0v) is 11.3. The van der Waals surface area contributed by atoms with E-state index in [9.17, 15) is 4.79 Å². The number of hydrogen-bond donors (Lipinski definition) is 1. The predicted molar refractivity (Wildman–Crippen MR) is 71.8 cm³/mol. The maximum absolute atomic E-state index is 12.6. The van der Waals surface area contributed by atoms with Crippen LogP contribution >= 0.6 is 11.3 Å². The molecule has 1 aliphatic carbocycles. The highest BCUT2D eigenvalue weighted by molar-refractivity contribution is 7.11. The van der Waals surface area contributed by atoms with Crippen LogP contribution in [0.5, 0.6) is 0 Å². The normalized spacial score (nSPS) is 23.2. The summed E-state index contributed by atoms with van der Waals surface area (Å²) in [7, 11) is 0. The van der Waals surface area contributed by atoms with Gasteiger partial charge < -0.3 is 10.2 Å². The maximum Gasteiger partial charge on any atom is 0.266 e. The fraction of sp³-hybridized carbons (Fsp3) is 0.692. The lowest BCUT2D eigenvalue weighted by Gasteiger charge is -2.49. The molecule has 98 valence electrons. The number of rotatable bonds is 1. The van der Waals surface area contributed by atoms with E-state index >= 15 is 0 Å². The molecule has 1 amide bonds. The van der Waals surface area contributed by atoms with Crippen molar-refractivity contribution in [3.8, 4) is 0 Å². The monoisotopic (exact) mass is 265 g/mol. The maximum atomic E-state index is 12.6. The van der Waals surface area contributed by atoms with Gasteiger partial charge in [0.25, 0.3) is 5.91 Å². The lowest BCUT2D eigenvalue weighted by atomic mass is 9.79. The van der Waals surface area contributed by atoms with Crippen LogP contribution in [0.3, 0.4) is 0 Å². The molecule has 2 fully saturated rings. The highest BCUT2D eigenvalue weighted by Crippen LogP contribution is 2.35. The number of nitrogens with one attached hydrogen (secondary N) is 1. The van der Waals surface area contributed by atoms with Crippen molar-refractivity contribution in [2.75, 3.05) is 19.6 Å². The Morgan fingerprint density at radius 1 is 1.39 bits per heavy atom. The summed E-state index contributed by atoms with van der Waals surface area (Å²) in [6, 6.07) is 0. The number of amides is 1. The van der Waals surface area contributed by atoms with E-state index in [4.69, 9.17) is 0 Å². The number of carbonyl (C=O) groups is 1. The van der Waals surface area contributed by atoms with E-state index in [2.05, 4.69) is 15.2 Å². The van der Waals surface area contributed by atoms with Crippen LogP contribution in [0.25, 0.3) is 0 Å². The third kappa shape index (κ3) is 2.06. The van der Waals surface area contributed by atoms with Gasteiger partial charge in [0.2, 0.25) is 0 Å². The van der Waals surface area contributed by atoms with E-state index in [0.717, 1.165) is 37.4 Å². The highest BCUT2D eigenvalue weighted by Gasteiger charge is 2.42. The van der Waals surface area contributed by atoms with Gasteiger partial charge in [-0.3, -0.25) is 9.78 Å². The molecule has 1 saturated heterocycles. The second-order valence-corrected chi connectivity index (χ2v) is 6.17. The Labute approximate surface area is 111 Å². The number of nitrogens with zero attached hydrogens (tertiary/aromatic N) is 2. The van der Waals surface area contributed by atoms with Gasteiger partial charge in [-0.2, -0.15) is 0 Å². The summed E-state index contributed by atoms with van der Waals surface area (Å²) in [6.45, 7) is 2.70. The van der Waals surface area contributed by atoms with Gasteiger partial charge in [-0.15, -0.1) is 11.3 Å². The Balaban J connectivity index is 1.85. The molecule has 4 nitrogen and oxygen atoms in total. The van der Waals surface area contributed by atoms with Crippen molar-refractivity contribution in [3.63, 3.8) is 0 Å². The average Bonchev–Trinajstić information content (AvgIpc) is 2.93. The highest BCUT2D eigenvalue weighted by atomic mass is 32.1. The third-order valence-corrected chi connectivity index (χ3v) is 4.97. The summed E-state index contributed by atoms with van der Waals surface area (Å²) < 4.78 is 0. The van der Waals surface area contributed by atoms with Crippen molar-refractivity contribution in [2.24, 2.45) is 0 Å². The minimum Gasteiger partial charge on any atom is -0.330 e. The van der Waals surface area contributed by atoms with E-state index in [1.165, 1.54) is 30.6 Å². The lowest BCUT2D eigenvalue weighted by molar-refractivity contribution is 0.0227. The van der Waals surface area contributed by atoms with Crippen molar-refractivity contribution in [2.45, 2.75) is 37.6 Å². The SMILES string of the molecule is O=C(c1cncs1)N1CCNCC12CCCCC2. The molecule has 0 unspecified atom stereocenters. The first-order chi connectivity index (χ1) is 8.82. The Morgan fingerprint density at radius 3 is 2.94 bits per heavy atom. The Morgan fingerprint density at radius 2 is 2.22 bits per heavy atom. The second kappa shape index (κ2) is 4.97. The molecule has 1 saturated carbocycles. The minimum atomic E-state index is 0.0670. The molecule has 0 aromatic carbocycles. The molecule has 5 heteroatoms. The first-order valence-corrected chi connectivity index (χ1v) is 7.61. The van der Waals surface area contributed by atoms with Gasteiger partial charge in [0.15, 0.2) is 0 Å². The number of carbonyl (C=O) groups excluding carboxylic acids is 1. The third-order valence-electron chi connectivity index (χ3n) is 4.21. The molecule has 1 aromatic heterocycles. The standard InChI is InChI=1S/C13H19N3OS/c17-12(11-8-15-10-18-11)16-7-6-14-9-13(16)4-2-1-3-5-13/h8,10,14H,1-7,9H2. The van der Waals surface area contributed by atoms with Crippen LogP contribution in [0.2, 0.25) is 0 Å². The number of aromatic nitrogens is 1. The van der Waals surface area contributed by atoms with Crippen molar-refractivity contribution in [1.29, 1.82) is 0 Å². The van der Waals surface area contributed by atoms with Crippen LogP contribution in [0.4, 0.5) is 0 Å². The van der Waals surface area contributed by atoms with Crippen LogP contribution in [0.1, 0.15) is 41.8 Å². The van der Waals surface area contributed by atoms with Crippen LogP contribution < -0.4 is 5.32 Å². The summed E-state index contributed by atoms with van der Waals surface area (Å²) in [5, 5.41) is 3.47. The molecule has 1 N–H and O–H groups in total. The fourth-order valence-electron chi connectivity index (χ4n) is 3.27. The van der Waals surface area contributed by atoms with Crippen molar-refractivity contribution < 1.29 is 4.79 Å². The predicted octanol–water partition coefficient (Wildman–Crippen LogP) is 1.89. The number of hydrogen-bond acceptors (Lipinski definition) is 4. The molecule has 0 radical (unpaired) electrons. The quantitative estimate of drug-likeness (QED) is 0.843. The number of piperazine rings is 1. The van der Waals surface area contributed by atoms with E-state index in [1.54, 1.807) is 11.7 Å². The first-order valence-electron chi connectivity index (χ1n) is 6.73. The van der Waals surface area contributed by atoms with Crippen LogP contribution in [0.15, 0.2) is 11.7 Å². The smallest absolute Gasteiger partial charge is 0.266 e. The summed E-state index contributed by atoms with van der Waals surface area (Å²) in [5.74, 6) is 0.181. The Bertz CT molecular complexity index is 404. The summed E-state index contributed by atoms with van der Waals surface area (Å²) in [5.41, 5.74) is 1.81. The molecule has 2 heterocycles. The van der Waals surface area contributed by atoms with Gasteiger partial charge in [-0.1, -0.05) is 19.3 Å².